The number of phenols is 2. The summed E-state index contributed by atoms with van der Waals surface area (Å²) in [6.07, 6.45) is 2.03. The van der Waals surface area contributed by atoms with E-state index in [4.69, 9.17) is 0 Å². The first-order valence-corrected chi connectivity index (χ1v) is 6.81. The van der Waals surface area contributed by atoms with Gasteiger partial charge in [-0.15, -0.1) is 11.8 Å². The average Bonchev–Trinajstić information content (AvgIpc) is 2.38. The van der Waals surface area contributed by atoms with Crippen LogP contribution in [0, 0.1) is 0 Å². The van der Waals surface area contributed by atoms with Gasteiger partial charge in [0, 0.05) is 28.8 Å². The molecule has 0 saturated carbocycles. The van der Waals surface area contributed by atoms with Gasteiger partial charge in [0.25, 0.3) is 0 Å². The lowest BCUT2D eigenvalue weighted by Crippen LogP contribution is -2.00. The van der Waals surface area contributed by atoms with Gasteiger partial charge in [-0.2, -0.15) is 0 Å². The van der Waals surface area contributed by atoms with Gasteiger partial charge in [-0.25, -0.2) is 0 Å². The molecule has 2 aromatic rings. The minimum Gasteiger partial charge on any atom is -0.508 e. The minimum atomic E-state index is 0.0702. The fourth-order valence-corrected chi connectivity index (χ4v) is 2.26. The fourth-order valence-electron chi connectivity index (χ4n) is 1.68. The monoisotopic (exact) mass is 261 g/mol. The summed E-state index contributed by atoms with van der Waals surface area (Å²) in [6, 6.07) is 12.6. The summed E-state index contributed by atoms with van der Waals surface area (Å²) in [6.45, 7) is 0.518. The second kappa shape index (κ2) is 5.69. The van der Waals surface area contributed by atoms with Crippen LogP contribution in [-0.4, -0.2) is 16.5 Å². The molecule has 3 nitrogen and oxygen atoms in total. The van der Waals surface area contributed by atoms with E-state index in [2.05, 4.69) is 5.32 Å². The van der Waals surface area contributed by atoms with Crippen LogP contribution in [0.15, 0.2) is 47.4 Å². The van der Waals surface area contributed by atoms with Crippen LogP contribution in [0.3, 0.4) is 0 Å². The molecule has 0 unspecified atom stereocenters. The average molecular weight is 261 g/mol. The summed E-state index contributed by atoms with van der Waals surface area (Å²) in [5.41, 5.74) is 1.79. The van der Waals surface area contributed by atoms with Crippen LogP contribution in [0.5, 0.6) is 11.5 Å². The number of aromatic hydroxyl groups is 2. The Morgan fingerprint density at radius 1 is 1.11 bits per heavy atom. The first-order chi connectivity index (χ1) is 8.70. The zero-order valence-electron chi connectivity index (χ0n) is 10.1. The number of phenolic OH excluding ortho intramolecular Hbond substituents is 2. The second-order valence-corrected chi connectivity index (χ2v) is 4.71. The second-order valence-electron chi connectivity index (χ2n) is 3.87. The molecule has 0 aromatic heterocycles. The summed E-state index contributed by atoms with van der Waals surface area (Å²) >= 11 is 1.67. The predicted molar refractivity (Wildman–Crippen MR) is 75.3 cm³/mol. The van der Waals surface area contributed by atoms with Gasteiger partial charge in [0.1, 0.15) is 11.5 Å². The van der Waals surface area contributed by atoms with Gasteiger partial charge in [-0.1, -0.05) is 12.1 Å². The Morgan fingerprint density at radius 3 is 2.61 bits per heavy atom. The number of benzene rings is 2. The van der Waals surface area contributed by atoms with Crippen molar-refractivity contribution in [1.82, 2.24) is 0 Å². The molecular formula is C14H15NO2S. The number of anilines is 1. The van der Waals surface area contributed by atoms with Gasteiger partial charge in [-0.3, -0.25) is 0 Å². The summed E-state index contributed by atoms with van der Waals surface area (Å²) in [7, 11) is 0. The molecule has 4 heteroatoms. The Labute approximate surface area is 110 Å². The molecule has 0 aliphatic carbocycles. The molecule has 0 spiro atoms. The molecule has 0 heterocycles. The van der Waals surface area contributed by atoms with Crippen LogP contribution >= 0.6 is 11.8 Å². The molecule has 0 aliphatic heterocycles. The van der Waals surface area contributed by atoms with Crippen molar-refractivity contribution in [2.24, 2.45) is 0 Å². The van der Waals surface area contributed by atoms with Crippen LogP contribution in [0.25, 0.3) is 0 Å². The van der Waals surface area contributed by atoms with E-state index in [1.165, 1.54) is 6.07 Å². The molecule has 18 heavy (non-hydrogen) atoms. The van der Waals surface area contributed by atoms with Crippen LogP contribution in [-0.2, 0) is 6.54 Å². The number of hydrogen-bond donors (Lipinski definition) is 3. The van der Waals surface area contributed by atoms with E-state index in [9.17, 15) is 10.2 Å². The Hall–Kier alpha value is -1.81. The molecule has 0 radical (unpaired) electrons. The Kier molecular flexibility index (Phi) is 3.99. The summed E-state index contributed by atoms with van der Waals surface area (Å²) in [5.74, 6) is 0.171. The van der Waals surface area contributed by atoms with Gasteiger partial charge in [0.2, 0.25) is 0 Å². The van der Waals surface area contributed by atoms with Crippen LogP contribution < -0.4 is 5.32 Å². The first-order valence-electron chi connectivity index (χ1n) is 5.58. The predicted octanol–water partition coefficient (Wildman–Crippen LogP) is 3.43. The highest BCUT2D eigenvalue weighted by Crippen LogP contribution is 2.27. The Balaban J connectivity index is 2.11. The zero-order valence-corrected chi connectivity index (χ0v) is 10.9. The zero-order chi connectivity index (χ0) is 13.0. The summed E-state index contributed by atoms with van der Waals surface area (Å²) < 4.78 is 0. The number of thioether (sulfide) groups is 1. The van der Waals surface area contributed by atoms with E-state index in [0.717, 1.165) is 16.1 Å². The van der Waals surface area contributed by atoms with Gasteiger partial charge in [-0.05, 0) is 30.5 Å². The third kappa shape index (κ3) is 2.90. The number of rotatable bonds is 4. The molecule has 0 amide bonds. The van der Waals surface area contributed by atoms with Crippen molar-refractivity contribution in [3.8, 4) is 11.5 Å². The highest BCUT2D eigenvalue weighted by atomic mass is 32.2. The van der Waals surface area contributed by atoms with Crippen molar-refractivity contribution >= 4 is 17.4 Å². The van der Waals surface area contributed by atoms with Gasteiger partial charge in [0.15, 0.2) is 0 Å². The maximum Gasteiger partial charge on any atom is 0.124 e. The maximum absolute atomic E-state index is 9.69. The van der Waals surface area contributed by atoms with Crippen molar-refractivity contribution in [3.05, 3.63) is 48.0 Å². The van der Waals surface area contributed by atoms with E-state index < -0.39 is 0 Å². The normalized spacial score (nSPS) is 10.3. The molecule has 0 bridgehead atoms. The SMILES string of the molecule is CSc1ccccc1NCc1ccc(O)cc1O. The topological polar surface area (TPSA) is 52.5 Å². The molecule has 2 aromatic carbocycles. The van der Waals surface area contributed by atoms with Crippen LogP contribution in [0.4, 0.5) is 5.69 Å². The van der Waals surface area contributed by atoms with Crippen LogP contribution in [0.1, 0.15) is 5.56 Å². The highest BCUT2D eigenvalue weighted by Gasteiger charge is 2.04. The molecule has 94 valence electrons. The van der Waals surface area contributed by atoms with Crippen molar-refractivity contribution in [2.75, 3.05) is 11.6 Å². The van der Waals surface area contributed by atoms with Crippen molar-refractivity contribution in [3.63, 3.8) is 0 Å². The molecule has 2 rings (SSSR count). The minimum absolute atomic E-state index is 0.0702. The smallest absolute Gasteiger partial charge is 0.124 e. The van der Waals surface area contributed by atoms with Crippen molar-refractivity contribution < 1.29 is 10.2 Å². The van der Waals surface area contributed by atoms with E-state index >= 15 is 0 Å². The third-order valence-corrected chi connectivity index (χ3v) is 3.44. The molecule has 0 fully saturated rings. The Bertz CT molecular complexity index is 543. The molecule has 0 aliphatic rings. The Morgan fingerprint density at radius 2 is 1.89 bits per heavy atom. The standard InChI is InChI=1S/C14H15NO2S/c1-18-14-5-3-2-4-12(14)15-9-10-6-7-11(16)8-13(10)17/h2-8,15-17H,9H2,1H3. The lowest BCUT2D eigenvalue weighted by Gasteiger charge is -2.11. The number of nitrogens with one attached hydrogen (secondary N) is 1. The molecular weight excluding hydrogens is 246 g/mol. The third-order valence-electron chi connectivity index (χ3n) is 2.65. The van der Waals surface area contributed by atoms with Crippen molar-refractivity contribution in [2.45, 2.75) is 11.4 Å². The maximum atomic E-state index is 9.69. The molecule has 0 atom stereocenters. The largest absolute Gasteiger partial charge is 0.508 e. The van der Waals surface area contributed by atoms with Crippen LogP contribution in [0.2, 0.25) is 0 Å². The summed E-state index contributed by atoms with van der Waals surface area (Å²) in [4.78, 5) is 1.16. The number of para-hydroxylation sites is 1. The lowest BCUT2D eigenvalue weighted by atomic mass is 10.2. The fraction of sp³-hybridized carbons (Fsp3) is 0.143. The highest BCUT2D eigenvalue weighted by molar-refractivity contribution is 7.98. The molecule has 3 N–H and O–H groups in total. The molecule has 0 saturated heterocycles. The van der Waals surface area contributed by atoms with Gasteiger partial charge < -0.3 is 15.5 Å². The van der Waals surface area contributed by atoms with Gasteiger partial charge >= 0.3 is 0 Å². The van der Waals surface area contributed by atoms with Crippen molar-refractivity contribution in [1.29, 1.82) is 0 Å². The van der Waals surface area contributed by atoms with E-state index in [-0.39, 0.29) is 11.5 Å². The van der Waals surface area contributed by atoms with E-state index in [1.54, 1.807) is 23.9 Å². The van der Waals surface area contributed by atoms with Gasteiger partial charge in [0.05, 0.1) is 0 Å². The van der Waals surface area contributed by atoms with E-state index in [1.807, 2.05) is 30.5 Å². The first kappa shape index (κ1) is 12.6. The quantitative estimate of drug-likeness (QED) is 0.738. The number of hydrogen-bond acceptors (Lipinski definition) is 4. The van der Waals surface area contributed by atoms with E-state index in [0.29, 0.717) is 6.54 Å². The lowest BCUT2D eigenvalue weighted by molar-refractivity contribution is 0.446. The summed E-state index contributed by atoms with van der Waals surface area (Å²) in [5, 5.41) is 22.2.